The summed E-state index contributed by atoms with van der Waals surface area (Å²) in [5.74, 6) is -2.61. The number of pyridine rings is 2. The van der Waals surface area contributed by atoms with Crippen LogP contribution >= 0.6 is 0 Å². The first-order chi connectivity index (χ1) is 32.9. The van der Waals surface area contributed by atoms with Gasteiger partial charge in [0.15, 0.2) is 0 Å². The number of hydrogen-bond donors (Lipinski definition) is 3. The van der Waals surface area contributed by atoms with Crippen LogP contribution in [0.2, 0.25) is 0 Å². The molecule has 0 radical (unpaired) electrons. The molecule has 0 spiro atoms. The molecule has 3 N–H and O–H groups in total. The van der Waals surface area contributed by atoms with E-state index in [9.17, 15) is 28.8 Å². The van der Waals surface area contributed by atoms with Crippen molar-refractivity contribution in [2.75, 3.05) is 26.2 Å². The number of carbonyl (C=O) groups is 6. The fraction of sp³-hybridized carbons (Fsp3) is 0.373. The van der Waals surface area contributed by atoms with Crippen molar-refractivity contribution in [3.05, 3.63) is 106 Å². The lowest BCUT2D eigenvalue weighted by molar-refractivity contribution is -0.138. The largest absolute Gasteiger partial charge is 0.360 e. The molecular weight excluding hydrogens is 868 g/mol. The summed E-state index contributed by atoms with van der Waals surface area (Å²) in [6.07, 6.45) is 5.92. The number of aromatic nitrogens is 4. The van der Waals surface area contributed by atoms with E-state index in [0.717, 1.165) is 101 Å². The Kier molecular flexibility index (Phi) is 10.1. The van der Waals surface area contributed by atoms with Gasteiger partial charge in [0.05, 0.1) is 29.0 Å². The van der Waals surface area contributed by atoms with E-state index in [4.69, 9.17) is 9.97 Å². The second-order valence-electron chi connectivity index (χ2n) is 19.3. The highest BCUT2D eigenvalue weighted by molar-refractivity contribution is 6.07. The number of hydrogen-bond acceptors (Lipinski definition) is 10. The normalized spacial score (nSPS) is 22.3. The number of amides is 6. The number of H-pyrrole nitrogens is 1. The van der Waals surface area contributed by atoms with Crippen LogP contribution in [-0.4, -0.2) is 113 Å². The van der Waals surface area contributed by atoms with Gasteiger partial charge in [-0.05, 0) is 117 Å². The minimum atomic E-state index is -0.839. The fourth-order valence-electron chi connectivity index (χ4n) is 11.6. The topological polar surface area (TPSA) is 186 Å². The molecule has 4 saturated heterocycles. The van der Waals surface area contributed by atoms with Gasteiger partial charge >= 0.3 is 0 Å². The molecule has 6 aliphatic heterocycles. The Balaban J connectivity index is 0.812. The molecule has 16 nitrogen and oxygen atoms in total. The molecule has 10 heterocycles. The average Bonchev–Trinajstić information content (AvgIpc) is 4.20. The zero-order valence-electron chi connectivity index (χ0n) is 37.6. The lowest BCUT2D eigenvalue weighted by Gasteiger charge is -2.29. The number of benzene rings is 2. The molecule has 0 bridgehead atoms. The molecule has 3 atom stereocenters. The second-order valence-corrected chi connectivity index (χ2v) is 19.3. The van der Waals surface area contributed by atoms with Crippen molar-refractivity contribution in [1.29, 1.82) is 0 Å². The first kappa shape index (κ1) is 42.3. The number of imide groups is 2. The van der Waals surface area contributed by atoms with Crippen molar-refractivity contribution in [1.82, 2.24) is 49.8 Å². The molecule has 0 saturated carbocycles. The Hall–Kier alpha value is -7.11. The van der Waals surface area contributed by atoms with Crippen LogP contribution in [0.4, 0.5) is 4.39 Å². The maximum atomic E-state index is 16.8. The van der Waals surface area contributed by atoms with Gasteiger partial charge in [0.1, 0.15) is 23.5 Å². The van der Waals surface area contributed by atoms with Crippen molar-refractivity contribution in [3.8, 4) is 22.5 Å². The van der Waals surface area contributed by atoms with Gasteiger partial charge in [-0.25, -0.2) is 14.4 Å². The summed E-state index contributed by atoms with van der Waals surface area (Å²) in [5.41, 5.74) is 10.2. The molecule has 6 aliphatic rings. The zero-order valence-corrected chi connectivity index (χ0v) is 37.6. The highest BCUT2D eigenvalue weighted by atomic mass is 19.1. The summed E-state index contributed by atoms with van der Waals surface area (Å²) < 4.78 is 18.9. The number of aryl methyl sites for hydroxylation is 1. The van der Waals surface area contributed by atoms with Gasteiger partial charge in [0, 0.05) is 97.1 Å². The van der Waals surface area contributed by atoms with E-state index in [0.29, 0.717) is 36.3 Å². The summed E-state index contributed by atoms with van der Waals surface area (Å²) in [7, 11) is 2.04. The Morgan fingerprint density at radius 3 is 2.12 bits per heavy atom. The molecule has 17 heteroatoms. The standard InChI is InChI=1S/C51H49FN10O6/c1-58-42(21-35-30(23-59-15-2-3-16-59)19-39(55-47(35)58)34-7-6-33-36(45(34)52)26-62(51(33)68)41-9-11-44(64)57-49(41)66)28-13-17-60(22-28)24-31-20-38(54-37-12-14-53-46(31)37)27-4-5-32-29(18-27)25-61(50(32)67)40-8-10-43(63)56-48(40)65/h4-7,12,14,18-21,28,40-41,53H,2-3,8-11,13,15-17,22-26H2,1H3,(H,56,63,65)(H,57,64,66). The average molecular weight is 917 g/mol. The van der Waals surface area contributed by atoms with Crippen LogP contribution in [0.5, 0.6) is 0 Å². The van der Waals surface area contributed by atoms with Crippen molar-refractivity contribution < 1.29 is 33.2 Å². The van der Waals surface area contributed by atoms with Crippen molar-refractivity contribution in [2.45, 2.75) is 89.1 Å². The van der Waals surface area contributed by atoms with Gasteiger partial charge in [-0.1, -0.05) is 6.07 Å². The number of rotatable bonds is 9. The third-order valence-corrected chi connectivity index (χ3v) is 15.1. The van der Waals surface area contributed by atoms with E-state index in [1.54, 1.807) is 17.0 Å². The Morgan fingerprint density at radius 1 is 0.691 bits per heavy atom. The Bertz CT molecular complexity index is 3190. The molecule has 6 amide bonds. The van der Waals surface area contributed by atoms with Crippen LogP contribution in [0.25, 0.3) is 44.6 Å². The van der Waals surface area contributed by atoms with Crippen LogP contribution in [0.1, 0.15) is 99.5 Å². The molecule has 4 aromatic heterocycles. The summed E-state index contributed by atoms with van der Waals surface area (Å²) in [4.78, 5) is 97.3. The van der Waals surface area contributed by atoms with E-state index in [1.807, 2.05) is 43.6 Å². The monoisotopic (exact) mass is 916 g/mol. The quantitative estimate of drug-likeness (QED) is 0.166. The lowest BCUT2D eigenvalue weighted by atomic mass is 10.00. The minimum Gasteiger partial charge on any atom is -0.360 e. The molecule has 12 rings (SSSR count). The van der Waals surface area contributed by atoms with Crippen molar-refractivity contribution >= 4 is 57.5 Å². The van der Waals surface area contributed by atoms with Crippen LogP contribution < -0.4 is 10.6 Å². The summed E-state index contributed by atoms with van der Waals surface area (Å²) >= 11 is 0. The van der Waals surface area contributed by atoms with Gasteiger partial charge < -0.3 is 19.4 Å². The number of nitrogens with zero attached hydrogens (tertiary/aromatic N) is 7. The van der Waals surface area contributed by atoms with E-state index in [-0.39, 0.29) is 67.1 Å². The molecule has 6 aromatic rings. The van der Waals surface area contributed by atoms with E-state index < -0.39 is 35.6 Å². The number of carbonyl (C=O) groups excluding carboxylic acids is 6. The number of fused-ring (bicyclic) bond motifs is 4. The summed E-state index contributed by atoms with van der Waals surface area (Å²) in [6.45, 7) is 5.27. The molecule has 2 aromatic carbocycles. The first-order valence-corrected chi connectivity index (χ1v) is 23.6. The van der Waals surface area contributed by atoms with Crippen LogP contribution in [0, 0.1) is 5.82 Å². The number of likely N-dealkylation sites (tertiary alicyclic amines) is 2. The summed E-state index contributed by atoms with van der Waals surface area (Å²) in [5, 5.41) is 5.73. The number of nitrogens with one attached hydrogen (secondary N) is 3. The highest BCUT2D eigenvalue weighted by Gasteiger charge is 2.42. The zero-order chi connectivity index (χ0) is 46.5. The Labute approximate surface area is 389 Å². The lowest BCUT2D eigenvalue weighted by Crippen LogP contribution is -2.52. The highest BCUT2D eigenvalue weighted by Crippen LogP contribution is 2.39. The molecule has 346 valence electrons. The van der Waals surface area contributed by atoms with Gasteiger partial charge in [0.2, 0.25) is 23.6 Å². The molecule has 4 fully saturated rings. The third kappa shape index (κ3) is 7.09. The maximum Gasteiger partial charge on any atom is 0.255 e. The van der Waals surface area contributed by atoms with Crippen LogP contribution in [0.3, 0.4) is 0 Å². The van der Waals surface area contributed by atoms with Crippen molar-refractivity contribution in [2.24, 2.45) is 7.05 Å². The number of aromatic amines is 1. The summed E-state index contributed by atoms with van der Waals surface area (Å²) in [6, 6.07) is 15.8. The third-order valence-electron chi connectivity index (χ3n) is 15.1. The first-order valence-electron chi connectivity index (χ1n) is 23.6. The van der Waals surface area contributed by atoms with E-state index in [1.165, 1.54) is 4.90 Å². The van der Waals surface area contributed by atoms with Crippen molar-refractivity contribution in [3.63, 3.8) is 0 Å². The predicted octanol–water partition coefficient (Wildman–Crippen LogP) is 5.03. The van der Waals surface area contributed by atoms with Crippen LogP contribution in [0.15, 0.2) is 60.8 Å². The minimum absolute atomic E-state index is 0.0606. The molecule has 68 heavy (non-hydrogen) atoms. The van der Waals surface area contributed by atoms with E-state index >= 15 is 4.39 Å². The van der Waals surface area contributed by atoms with Gasteiger partial charge in [-0.3, -0.25) is 49.2 Å². The SMILES string of the molecule is Cn1c(C2CCN(Cc3cc(-c4ccc5c(c4)CN(C4CCC(=O)NC4=O)C5=O)nc4cc[nH]c34)C2)cc2c(CN3CCCC3)cc(-c3ccc4c(c3F)CN(C3CCC(=O)NC3=O)C4=O)nc21. The van der Waals surface area contributed by atoms with Gasteiger partial charge in [-0.15, -0.1) is 0 Å². The van der Waals surface area contributed by atoms with Crippen LogP contribution in [-0.2, 0) is 52.4 Å². The number of piperidine rings is 2. The van der Waals surface area contributed by atoms with E-state index in [2.05, 4.69) is 42.1 Å². The molecule has 0 aliphatic carbocycles. The maximum absolute atomic E-state index is 16.8. The number of halogens is 1. The Morgan fingerprint density at radius 2 is 1.37 bits per heavy atom. The second kappa shape index (κ2) is 16.3. The molecule has 3 unspecified atom stereocenters. The molecular formula is C51H49FN10O6. The van der Waals surface area contributed by atoms with Gasteiger partial charge in [0.25, 0.3) is 11.8 Å². The fourth-order valence-corrected chi connectivity index (χ4v) is 11.6. The predicted molar refractivity (Wildman–Crippen MR) is 247 cm³/mol. The van der Waals surface area contributed by atoms with Gasteiger partial charge in [-0.2, -0.15) is 0 Å². The smallest absolute Gasteiger partial charge is 0.255 e.